The predicted molar refractivity (Wildman–Crippen MR) is 180 cm³/mol. The molecular formula is C35H33ClF8N8O3. The Kier molecular flexibility index (Phi) is 10.2. The van der Waals surface area contributed by atoms with Crippen molar-refractivity contribution in [1.29, 1.82) is 0 Å². The number of carbonyl (C=O) groups excluding carboxylic acids is 2. The number of alkyl halides is 7. The summed E-state index contributed by atoms with van der Waals surface area (Å²) in [6.45, 7) is 1.50. The van der Waals surface area contributed by atoms with Gasteiger partial charge in [-0.2, -0.15) is 32.1 Å². The average molecular weight is 801 g/mol. The highest BCUT2D eigenvalue weighted by molar-refractivity contribution is 6.32. The highest BCUT2D eigenvalue weighted by Crippen LogP contribution is 2.60. The van der Waals surface area contributed by atoms with Crippen molar-refractivity contribution in [3.63, 3.8) is 0 Å². The van der Waals surface area contributed by atoms with Crippen molar-refractivity contribution < 1.29 is 49.4 Å². The molecule has 0 spiro atoms. The fourth-order valence-electron chi connectivity index (χ4n) is 6.68. The first-order valence-corrected chi connectivity index (χ1v) is 17.1. The van der Waals surface area contributed by atoms with E-state index in [1.807, 2.05) is 0 Å². The quantitative estimate of drug-likeness (QED) is 0.113. The molecule has 0 saturated heterocycles. The van der Waals surface area contributed by atoms with E-state index < -0.39 is 84.1 Å². The van der Waals surface area contributed by atoms with Gasteiger partial charge < -0.3 is 10.5 Å². The third-order valence-electron chi connectivity index (χ3n) is 9.43. The highest BCUT2D eigenvalue weighted by Gasteiger charge is 2.64. The van der Waals surface area contributed by atoms with E-state index in [1.165, 1.54) is 36.4 Å². The van der Waals surface area contributed by atoms with Crippen LogP contribution in [-0.2, 0) is 19.9 Å². The van der Waals surface area contributed by atoms with E-state index in [1.54, 1.807) is 20.8 Å². The lowest BCUT2D eigenvalue weighted by Crippen LogP contribution is -2.47. The minimum absolute atomic E-state index is 0.0133. The summed E-state index contributed by atoms with van der Waals surface area (Å²) in [6, 6.07) is 7.23. The lowest BCUT2D eigenvalue weighted by molar-refractivity contribution is -0.195. The average Bonchev–Trinajstić information content (AvgIpc) is 3.40. The molecule has 1 aliphatic carbocycles. The summed E-state index contributed by atoms with van der Waals surface area (Å²) in [5.41, 5.74) is 1.14. The molecule has 1 fully saturated rings. The van der Waals surface area contributed by atoms with Gasteiger partial charge in [-0.05, 0) is 54.5 Å². The molecule has 11 nitrogen and oxygen atoms in total. The molecule has 1 amide bonds. The number of aromatic nitrogens is 5. The topological polar surface area (TPSA) is 134 Å². The van der Waals surface area contributed by atoms with Crippen LogP contribution < -0.4 is 5.73 Å². The number of carbonyl (C=O) groups is 2. The van der Waals surface area contributed by atoms with Crippen molar-refractivity contribution in [3.8, 4) is 16.9 Å². The summed E-state index contributed by atoms with van der Waals surface area (Å²) >= 11 is 6.39. The van der Waals surface area contributed by atoms with Gasteiger partial charge in [0.05, 0.1) is 34.3 Å². The molecule has 55 heavy (non-hydrogen) atoms. The largest absolute Gasteiger partial charge is 0.463 e. The molecule has 0 unspecified atom stereocenters. The highest BCUT2D eigenvalue weighted by atomic mass is 35.5. The molecule has 294 valence electrons. The van der Waals surface area contributed by atoms with Gasteiger partial charge in [-0.15, -0.1) is 0 Å². The number of hydrogen-bond donors (Lipinski definition) is 1. The molecule has 2 aliphatic rings. The van der Waals surface area contributed by atoms with Crippen molar-refractivity contribution in [2.24, 2.45) is 21.6 Å². The number of nitrogens with zero attached hydrogens (tertiary/aromatic N) is 7. The van der Waals surface area contributed by atoms with Gasteiger partial charge in [0, 0.05) is 17.3 Å². The summed E-state index contributed by atoms with van der Waals surface area (Å²) in [4.78, 5) is 36.8. The third kappa shape index (κ3) is 7.62. The van der Waals surface area contributed by atoms with Crippen molar-refractivity contribution in [2.45, 2.75) is 77.2 Å². The first kappa shape index (κ1) is 39.6. The zero-order chi connectivity index (χ0) is 40.2. The number of guanidine groups is 1. The molecule has 3 heterocycles. The Labute approximate surface area is 313 Å². The van der Waals surface area contributed by atoms with Crippen LogP contribution in [0.25, 0.3) is 16.9 Å². The van der Waals surface area contributed by atoms with Crippen molar-refractivity contribution in [2.75, 3.05) is 6.61 Å². The number of benzene rings is 2. The van der Waals surface area contributed by atoms with Crippen LogP contribution >= 0.6 is 11.6 Å². The van der Waals surface area contributed by atoms with Gasteiger partial charge >= 0.3 is 18.7 Å². The van der Waals surface area contributed by atoms with Gasteiger partial charge in [-0.1, -0.05) is 50.6 Å². The Bertz CT molecular complexity index is 2140. The summed E-state index contributed by atoms with van der Waals surface area (Å²) in [6.07, 6.45) is -7.61. The minimum Gasteiger partial charge on any atom is -0.463 e. The number of amides is 1. The van der Waals surface area contributed by atoms with Crippen LogP contribution in [0.5, 0.6) is 0 Å². The fraction of sp³-hybridized carbons (Fsp3) is 0.429. The molecule has 4 aromatic rings. The van der Waals surface area contributed by atoms with Gasteiger partial charge in [0.25, 0.3) is 12.3 Å². The van der Waals surface area contributed by atoms with Crippen LogP contribution in [-0.4, -0.2) is 60.1 Å². The lowest BCUT2D eigenvalue weighted by atomic mass is 9.75. The van der Waals surface area contributed by atoms with Crippen LogP contribution in [0.4, 0.5) is 35.1 Å². The second-order valence-corrected chi connectivity index (χ2v) is 15.0. The minimum atomic E-state index is -4.67. The SMILES string of the molecule is CC(C)(C)C[C@]1(c2ccc(-c3ccn(C(F)F)n3)cc2F)N=C(N)N([C@H](COC(=O)CC2(C(F)(F)F)CC2)c2ccc(Cl)c(-n3ncnc3C(F)F)c2)C1=O. The maximum atomic E-state index is 16.3. The first-order chi connectivity index (χ1) is 25.7. The van der Waals surface area contributed by atoms with Crippen molar-refractivity contribution in [3.05, 3.63) is 82.8 Å². The molecule has 0 radical (unpaired) electrons. The van der Waals surface area contributed by atoms with Crippen molar-refractivity contribution >= 4 is 29.4 Å². The molecule has 20 heteroatoms. The van der Waals surface area contributed by atoms with Crippen LogP contribution in [0, 0.1) is 16.6 Å². The van der Waals surface area contributed by atoms with Gasteiger partial charge in [-0.3, -0.25) is 14.5 Å². The maximum Gasteiger partial charge on any atom is 0.395 e. The van der Waals surface area contributed by atoms with Crippen LogP contribution in [0.1, 0.15) is 82.4 Å². The molecule has 1 saturated carbocycles. The van der Waals surface area contributed by atoms with Crippen LogP contribution in [0.3, 0.4) is 0 Å². The van der Waals surface area contributed by atoms with E-state index in [4.69, 9.17) is 22.1 Å². The maximum absolute atomic E-state index is 16.3. The Morgan fingerprint density at radius 3 is 2.35 bits per heavy atom. The Hall–Kier alpha value is -5.07. The van der Waals surface area contributed by atoms with Gasteiger partial charge in [0.2, 0.25) is 0 Å². The molecular weight excluding hydrogens is 768 g/mol. The Morgan fingerprint density at radius 2 is 1.76 bits per heavy atom. The van der Waals surface area contributed by atoms with Gasteiger partial charge in [-0.25, -0.2) is 32.5 Å². The summed E-state index contributed by atoms with van der Waals surface area (Å²) in [5, 5.41) is 7.49. The Balaban J connectivity index is 1.42. The van der Waals surface area contributed by atoms with Crippen LogP contribution in [0.2, 0.25) is 5.02 Å². The number of esters is 1. The summed E-state index contributed by atoms with van der Waals surface area (Å²) in [5.74, 6) is -4.40. The van der Waals surface area contributed by atoms with E-state index >= 15 is 4.39 Å². The van der Waals surface area contributed by atoms with Crippen molar-refractivity contribution in [1.82, 2.24) is 29.4 Å². The van der Waals surface area contributed by atoms with Gasteiger partial charge in [0.1, 0.15) is 18.8 Å². The Morgan fingerprint density at radius 1 is 1.05 bits per heavy atom. The molecule has 2 atom stereocenters. The zero-order valence-electron chi connectivity index (χ0n) is 29.3. The number of aliphatic imine (C=N–C) groups is 1. The molecule has 6 rings (SSSR count). The number of hydrogen-bond acceptors (Lipinski definition) is 8. The molecule has 2 N–H and O–H groups in total. The number of ether oxygens (including phenoxy) is 1. The lowest BCUT2D eigenvalue weighted by Gasteiger charge is -2.35. The van der Waals surface area contributed by atoms with E-state index in [9.17, 15) is 40.3 Å². The number of halogens is 9. The smallest absolute Gasteiger partial charge is 0.395 e. The fourth-order valence-corrected chi connectivity index (χ4v) is 6.88. The normalized spacial score (nSPS) is 19.0. The predicted octanol–water partition coefficient (Wildman–Crippen LogP) is 8.06. The summed E-state index contributed by atoms with van der Waals surface area (Å²) < 4.78 is 118. The standard InChI is InChI=1S/C35H33ClF8N8O3/c1-32(2,3)16-34(20-6-4-18(12-22(20)37)23-8-11-50(49-23)30(40)41)29(54)51(31(45)48-34)25(15-55-26(53)14-33(9-10-33)35(42,43)44)19-5-7-21(36)24(13-19)52-28(27(38)39)46-17-47-52/h4-8,11-13,17,25,27,30H,9-10,14-16H2,1-3H3,(H2,45,48)/t25-,34-/m1/s1. The van der Waals surface area contributed by atoms with E-state index in [-0.39, 0.29) is 52.4 Å². The summed E-state index contributed by atoms with van der Waals surface area (Å²) in [7, 11) is 0. The second-order valence-electron chi connectivity index (χ2n) is 14.6. The number of rotatable bonds is 12. The second kappa shape index (κ2) is 14.2. The monoisotopic (exact) mass is 800 g/mol. The van der Waals surface area contributed by atoms with E-state index in [0.29, 0.717) is 4.68 Å². The van der Waals surface area contributed by atoms with Gasteiger partial charge in [0.15, 0.2) is 17.3 Å². The van der Waals surface area contributed by atoms with Crippen LogP contribution in [0.15, 0.2) is 60.0 Å². The molecule has 2 aromatic carbocycles. The molecule has 2 aromatic heterocycles. The molecule has 0 bridgehead atoms. The van der Waals surface area contributed by atoms with E-state index in [0.717, 1.165) is 28.2 Å². The third-order valence-corrected chi connectivity index (χ3v) is 9.75. The van der Waals surface area contributed by atoms with E-state index in [2.05, 4.69) is 20.2 Å². The zero-order valence-corrected chi connectivity index (χ0v) is 30.1. The first-order valence-electron chi connectivity index (χ1n) is 16.7. The number of nitrogens with two attached hydrogens (primary N) is 1. The molecule has 1 aliphatic heterocycles.